The molecule has 0 spiro atoms. The predicted octanol–water partition coefficient (Wildman–Crippen LogP) is -0.475. The van der Waals surface area contributed by atoms with Crippen molar-refractivity contribution in [2.75, 3.05) is 14.1 Å². The number of nitrogens with one attached hydrogen (secondary N) is 1. The van der Waals surface area contributed by atoms with E-state index in [0.29, 0.717) is 0 Å². The van der Waals surface area contributed by atoms with Gasteiger partial charge in [0.15, 0.2) is 0 Å². The molecule has 0 aromatic carbocycles. The number of aliphatic imine (C=N–C) groups is 1. The molecule has 0 bridgehead atoms. The molecule has 6 heteroatoms. The average molecular weight is 189 g/mol. The lowest BCUT2D eigenvalue weighted by atomic mass is 10.5. The van der Waals surface area contributed by atoms with Crippen LogP contribution in [0.25, 0.3) is 0 Å². The minimum absolute atomic E-state index is 0.826. The molecule has 0 aromatic rings. The van der Waals surface area contributed by atoms with E-state index < -0.39 is 0 Å². The van der Waals surface area contributed by atoms with E-state index in [1.165, 1.54) is 6.20 Å². The highest BCUT2D eigenvalue weighted by Crippen LogP contribution is 1.74. The van der Waals surface area contributed by atoms with E-state index in [9.17, 15) is 0 Å². The van der Waals surface area contributed by atoms with Gasteiger partial charge in [-0.3, -0.25) is 4.99 Å². The third-order valence-electron chi connectivity index (χ3n) is 0.803. The third-order valence-corrected chi connectivity index (χ3v) is 0.936. The maximum Gasteiger partial charge on any atom is 0.0934 e. The Morgan fingerprint density at radius 3 is 2.08 bits per heavy atom. The van der Waals surface area contributed by atoms with Crippen molar-refractivity contribution < 1.29 is 0 Å². The van der Waals surface area contributed by atoms with Gasteiger partial charge in [0.25, 0.3) is 0 Å². The maximum absolute atomic E-state index is 5.15. The molecule has 12 heavy (non-hydrogen) atoms. The van der Waals surface area contributed by atoms with Crippen molar-refractivity contribution in [1.82, 2.24) is 5.32 Å². The zero-order valence-electron chi connectivity index (χ0n) is 7.23. The Bertz CT molecular complexity index is 157. The van der Waals surface area contributed by atoms with Gasteiger partial charge in [0.1, 0.15) is 0 Å². The van der Waals surface area contributed by atoms with E-state index in [4.69, 9.17) is 5.73 Å². The van der Waals surface area contributed by atoms with Gasteiger partial charge in [-0.2, -0.15) is 0 Å². The summed E-state index contributed by atoms with van der Waals surface area (Å²) in [5.41, 5.74) is 10.6. The van der Waals surface area contributed by atoms with Gasteiger partial charge in [-0.05, 0) is 12.8 Å². The molecule has 5 nitrogen and oxygen atoms in total. The molecule has 5 N–H and O–H groups in total. The summed E-state index contributed by atoms with van der Waals surface area (Å²) in [5, 5.41) is 2.84. The van der Waals surface area contributed by atoms with Gasteiger partial charge in [0, 0.05) is 26.5 Å². The Labute approximate surface area is 78.2 Å². The van der Waals surface area contributed by atoms with Crippen LogP contribution in [0.4, 0.5) is 0 Å². The van der Waals surface area contributed by atoms with Gasteiger partial charge in [-0.15, -0.1) is 0 Å². The van der Waals surface area contributed by atoms with Crippen LogP contribution in [0.1, 0.15) is 0 Å². The highest BCUT2D eigenvalue weighted by Gasteiger charge is 1.79. The summed E-state index contributed by atoms with van der Waals surface area (Å²) in [6, 6.07) is 0. The summed E-state index contributed by atoms with van der Waals surface area (Å²) in [7, 11) is 3.49. The van der Waals surface area contributed by atoms with Crippen LogP contribution in [-0.4, -0.2) is 26.6 Å². The fraction of sp³-hybridized carbons (Fsp3) is 0.333. The van der Waals surface area contributed by atoms with Gasteiger partial charge < -0.3 is 16.8 Å². The van der Waals surface area contributed by atoms with Gasteiger partial charge in [-0.25, -0.2) is 4.40 Å². The predicted molar refractivity (Wildman–Crippen MR) is 57.4 cm³/mol. The van der Waals surface area contributed by atoms with Crippen LogP contribution < -0.4 is 16.8 Å². The summed E-state index contributed by atoms with van der Waals surface area (Å²) in [4.78, 5) is 3.74. The molecule has 0 unspecified atom stereocenters. The van der Waals surface area contributed by atoms with Crippen molar-refractivity contribution in [3.05, 3.63) is 11.9 Å². The van der Waals surface area contributed by atoms with E-state index in [-0.39, 0.29) is 0 Å². The summed E-state index contributed by atoms with van der Waals surface area (Å²) in [6.45, 7) is 0. The van der Waals surface area contributed by atoms with Crippen molar-refractivity contribution in [1.29, 1.82) is 0 Å². The average Bonchev–Trinajstić information content (AvgIpc) is 2.14. The van der Waals surface area contributed by atoms with Crippen molar-refractivity contribution in [2.24, 2.45) is 20.9 Å². The third kappa shape index (κ3) is 11.6. The molecule has 0 aromatic heterocycles. The summed E-state index contributed by atoms with van der Waals surface area (Å²) < 4.78 is 3.08. The Morgan fingerprint density at radius 1 is 1.50 bits per heavy atom. The molecule has 0 radical (unpaired) electrons. The number of hydrogen-bond donors (Lipinski definition) is 4. The normalized spacial score (nSPS) is 11.4. The van der Waals surface area contributed by atoms with Crippen LogP contribution in [0.5, 0.6) is 0 Å². The number of nitrogens with two attached hydrogens (primary N) is 2. The second-order valence-corrected chi connectivity index (χ2v) is 1.75. The molecule has 0 amide bonds. The molecule has 0 rings (SSSR count). The summed E-state index contributed by atoms with van der Waals surface area (Å²) in [6.07, 6.45) is 4.23. The molecule has 0 aliphatic heterocycles. The number of rotatable bonds is 2. The van der Waals surface area contributed by atoms with Crippen LogP contribution >= 0.6 is 12.8 Å². The second kappa shape index (κ2) is 12.5. The van der Waals surface area contributed by atoms with Gasteiger partial charge in [0.2, 0.25) is 0 Å². The lowest BCUT2D eigenvalue weighted by Crippen LogP contribution is -2.08. The van der Waals surface area contributed by atoms with Gasteiger partial charge in [0.05, 0.1) is 12.0 Å². The Kier molecular flexibility index (Phi) is 14.0. The first-order valence-electron chi connectivity index (χ1n) is 3.16. The van der Waals surface area contributed by atoms with E-state index in [0.717, 1.165) is 12.0 Å². The monoisotopic (exact) mass is 189 g/mol. The van der Waals surface area contributed by atoms with Gasteiger partial charge in [-0.1, -0.05) is 0 Å². The molecule has 70 valence electrons. The molecule has 0 saturated heterocycles. The van der Waals surface area contributed by atoms with Crippen LogP contribution in [-0.2, 0) is 0 Å². The highest BCUT2D eigenvalue weighted by molar-refractivity contribution is 7.78. The summed E-state index contributed by atoms with van der Waals surface area (Å²) in [5.74, 6) is 0. The second-order valence-electron chi connectivity index (χ2n) is 1.52. The number of hydrogen-bond acceptors (Lipinski definition) is 5. The zero-order chi connectivity index (χ0) is 9.82. The minimum atomic E-state index is 0.826. The maximum atomic E-state index is 5.15. The molecule has 0 aliphatic rings. The molecular weight excluding hydrogens is 174 g/mol. The molecule has 0 heterocycles. The van der Waals surface area contributed by atoms with Gasteiger partial charge >= 0.3 is 0 Å². The molecule has 0 atom stereocenters. The molecule has 0 aliphatic carbocycles. The quantitative estimate of drug-likeness (QED) is 0.269. The standard InChI is InChI=1S/C5H11N3.CH4N2S/c1-7-4-5(3-6)8-2;2-1-3-4/h3-4,8H,6H2,1-2H3;1,4H,(H2,2,3)/b5-3+,7-4?;. The van der Waals surface area contributed by atoms with Crippen LogP contribution in [0.2, 0.25) is 0 Å². The fourth-order valence-corrected chi connectivity index (χ4v) is 0.330. The van der Waals surface area contributed by atoms with Crippen molar-refractivity contribution >= 4 is 25.4 Å². The van der Waals surface area contributed by atoms with Crippen molar-refractivity contribution in [2.45, 2.75) is 0 Å². The van der Waals surface area contributed by atoms with E-state index >= 15 is 0 Å². The molecular formula is C6H15N5S. The molecule has 0 fully saturated rings. The van der Waals surface area contributed by atoms with Crippen LogP contribution in [0.3, 0.4) is 0 Å². The lowest BCUT2D eigenvalue weighted by molar-refractivity contribution is 1.05. The van der Waals surface area contributed by atoms with Crippen LogP contribution in [0.15, 0.2) is 21.3 Å². The zero-order valence-corrected chi connectivity index (χ0v) is 8.12. The topological polar surface area (TPSA) is 88.8 Å². The fourth-order valence-electron chi connectivity index (χ4n) is 0.330. The van der Waals surface area contributed by atoms with Crippen LogP contribution in [0, 0.1) is 0 Å². The number of nitrogens with zero attached hydrogens (tertiary/aromatic N) is 2. The Balaban J connectivity index is 0. The minimum Gasteiger partial charge on any atom is -0.403 e. The smallest absolute Gasteiger partial charge is 0.0934 e. The first kappa shape index (κ1) is 13.4. The highest BCUT2D eigenvalue weighted by atomic mass is 32.1. The lowest BCUT2D eigenvalue weighted by Gasteiger charge is -1.93. The molecule has 0 saturated carbocycles. The van der Waals surface area contributed by atoms with Crippen molar-refractivity contribution in [3.63, 3.8) is 0 Å². The number of allylic oxidation sites excluding steroid dienone is 1. The Morgan fingerprint density at radius 2 is 2.00 bits per heavy atom. The van der Waals surface area contributed by atoms with E-state index in [1.807, 2.05) is 0 Å². The SMILES string of the molecule is CN=C/C(=C\N)NC.N/C=N/S. The largest absolute Gasteiger partial charge is 0.403 e. The Hall–Kier alpha value is -1.17. The summed E-state index contributed by atoms with van der Waals surface area (Å²) >= 11 is 3.36. The van der Waals surface area contributed by atoms with E-state index in [1.54, 1.807) is 20.3 Å². The first-order chi connectivity index (χ1) is 5.76. The number of thiol groups is 1. The van der Waals surface area contributed by atoms with Crippen molar-refractivity contribution in [3.8, 4) is 0 Å². The first-order valence-corrected chi connectivity index (χ1v) is 3.56. The van der Waals surface area contributed by atoms with E-state index in [2.05, 4.69) is 33.3 Å².